The van der Waals surface area contributed by atoms with E-state index in [0.717, 1.165) is 18.8 Å². The third-order valence-electron chi connectivity index (χ3n) is 6.92. The molecule has 0 bridgehead atoms. The van der Waals surface area contributed by atoms with E-state index in [2.05, 4.69) is 51.2 Å². The zero-order chi connectivity index (χ0) is 36.1. The van der Waals surface area contributed by atoms with Crippen LogP contribution in [0, 0.1) is 0 Å². The third-order valence-corrected chi connectivity index (χ3v) is 6.92. The predicted molar refractivity (Wildman–Crippen MR) is 145 cm³/mol. The summed E-state index contributed by atoms with van der Waals surface area (Å²) in [7, 11) is 1.72. The molecule has 2 aromatic rings. The largest absolute Gasteiger partial charge is 0.497 e. The number of alkyl halides is 9. The van der Waals surface area contributed by atoms with Gasteiger partial charge in [0.15, 0.2) is 0 Å². The van der Waals surface area contributed by atoms with Gasteiger partial charge in [0.1, 0.15) is 5.75 Å². The molecular weight excluding hydrogens is 661 g/mol. The first-order valence-electron chi connectivity index (χ1n) is 13.5. The number of methoxy groups -OCH3 is 1. The van der Waals surface area contributed by atoms with Crippen LogP contribution in [0.4, 0.5) is 39.5 Å². The van der Waals surface area contributed by atoms with Crippen molar-refractivity contribution in [3.05, 3.63) is 59.9 Å². The van der Waals surface area contributed by atoms with Crippen LogP contribution in [0.3, 0.4) is 0 Å². The molecule has 2 aliphatic heterocycles. The highest BCUT2D eigenvalue weighted by Gasteiger charge is 2.43. The maximum Gasteiger partial charge on any atom is 0.490 e. The van der Waals surface area contributed by atoms with E-state index in [1.54, 1.807) is 7.11 Å². The second kappa shape index (κ2) is 17.7. The Kier molecular flexibility index (Phi) is 15.4. The molecule has 10 nitrogen and oxygen atoms in total. The average molecular weight is 694 g/mol. The normalized spacial score (nSPS) is 16.4. The molecule has 3 heterocycles. The molecule has 0 amide bonds. The van der Waals surface area contributed by atoms with Gasteiger partial charge in [0, 0.05) is 44.1 Å². The number of rotatable bonds is 5. The molecule has 0 aliphatic carbocycles. The minimum absolute atomic E-state index is 0.409. The van der Waals surface area contributed by atoms with Crippen molar-refractivity contribution in [2.75, 3.05) is 26.7 Å². The standard InChI is InChI=1S/C22H29N3O.3C2HF3O2/c1-26-21-7-5-19(6-8-21)17-24-14-10-22(11-15-24)9-3-13-25(22)18-20-4-2-12-23-16-20;3*3-2(4,5)1(6)7/h2,4-8,12,16H,3,9-11,13-15,17-18H2,1H3;3*(H,6,7). The molecule has 1 spiro atoms. The van der Waals surface area contributed by atoms with E-state index in [1.165, 1.54) is 56.4 Å². The van der Waals surface area contributed by atoms with Gasteiger partial charge >= 0.3 is 36.4 Å². The van der Waals surface area contributed by atoms with Crippen molar-refractivity contribution < 1.29 is 74.0 Å². The molecule has 3 N–H and O–H groups in total. The zero-order valence-electron chi connectivity index (χ0n) is 24.7. The van der Waals surface area contributed by atoms with Gasteiger partial charge in [-0.25, -0.2) is 14.4 Å². The second-order valence-corrected chi connectivity index (χ2v) is 10.1. The maximum absolute atomic E-state index is 10.6. The number of nitrogens with zero attached hydrogens (tertiary/aromatic N) is 3. The number of benzene rings is 1. The van der Waals surface area contributed by atoms with Crippen LogP contribution >= 0.6 is 0 Å². The van der Waals surface area contributed by atoms with Crippen molar-refractivity contribution in [1.29, 1.82) is 0 Å². The molecule has 2 aliphatic rings. The molecular formula is C28H32F9N3O7. The number of carbonyl (C=O) groups is 3. The van der Waals surface area contributed by atoms with Gasteiger partial charge in [0.05, 0.1) is 7.11 Å². The Bertz CT molecular complexity index is 1210. The smallest absolute Gasteiger partial charge is 0.490 e. The molecule has 0 unspecified atom stereocenters. The molecule has 264 valence electrons. The first-order valence-corrected chi connectivity index (χ1v) is 13.5. The molecule has 1 aromatic heterocycles. The number of ether oxygens (including phenoxy) is 1. The van der Waals surface area contributed by atoms with Crippen molar-refractivity contribution >= 4 is 17.9 Å². The lowest BCUT2D eigenvalue weighted by Gasteiger charge is -2.45. The van der Waals surface area contributed by atoms with E-state index in [1.807, 2.05) is 12.4 Å². The van der Waals surface area contributed by atoms with Gasteiger partial charge in [-0.1, -0.05) is 18.2 Å². The Morgan fingerprint density at radius 1 is 0.745 bits per heavy atom. The Balaban J connectivity index is 0.000000430. The summed E-state index contributed by atoms with van der Waals surface area (Å²) in [6, 6.07) is 12.8. The van der Waals surface area contributed by atoms with Gasteiger partial charge in [-0.2, -0.15) is 39.5 Å². The molecule has 0 radical (unpaired) electrons. The monoisotopic (exact) mass is 693 g/mol. The molecule has 0 atom stereocenters. The number of piperidine rings is 1. The number of aromatic nitrogens is 1. The van der Waals surface area contributed by atoms with Crippen LogP contribution in [0.5, 0.6) is 5.75 Å². The van der Waals surface area contributed by atoms with Crippen LogP contribution in [0.1, 0.15) is 36.8 Å². The number of carboxylic acid groups (broad SMARTS) is 3. The van der Waals surface area contributed by atoms with E-state index in [9.17, 15) is 39.5 Å². The molecule has 2 fully saturated rings. The highest BCUT2D eigenvalue weighted by Crippen LogP contribution is 2.39. The highest BCUT2D eigenvalue weighted by atomic mass is 19.4. The summed E-state index contributed by atoms with van der Waals surface area (Å²) in [5.74, 6) is -7.34. The van der Waals surface area contributed by atoms with Crippen LogP contribution in [0.25, 0.3) is 0 Å². The molecule has 0 saturated carbocycles. The van der Waals surface area contributed by atoms with Crippen molar-refractivity contribution in [2.45, 2.75) is 62.8 Å². The quantitative estimate of drug-likeness (QED) is 0.338. The fourth-order valence-electron chi connectivity index (χ4n) is 4.64. The van der Waals surface area contributed by atoms with Crippen molar-refractivity contribution in [2.24, 2.45) is 0 Å². The summed E-state index contributed by atoms with van der Waals surface area (Å²) in [6.07, 6.45) is -6.12. The number of likely N-dealkylation sites (tertiary alicyclic amines) is 2. The number of hydrogen-bond acceptors (Lipinski definition) is 7. The number of halogens is 9. The van der Waals surface area contributed by atoms with Crippen LogP contribution in [-0.4, -0.2) is 98.8 Å². The molecule has 2 saturated heterocycles. The average Bonchev–Trinajstić information content (AvgIpc) is 3.35. The van der Waals surface area contributed by atoms with E-state index in [-0.39, 0.29) is 0 Å². The second-order valence-electron chi connectivity index (χ2n) is 10.1. The van der Waals surface area contributed by atoms with Crippen LogP contribution < -0.4 is 4.74 Å². The summed E-state index contributed by atoms with van der Waals surface area (Å²) < 4.78 is 100. The van der Waals surface area contributed by atoms with Crippen LogP contribution in [0.2, 0.25) is 0 Å². The Labute approximate surface area is 262 Å². The Morgan fingerprint density at radius 3 is 1.60 bits per heavy atom. The van der Waals surface area contributed by atoms with Gasteiger partial charge in [-0.05, 0) is 61.6 Å². The minimum atomic E-state index is -5.08. The van der Waals surface area contributed by atoms with Gasteiger partial charge in [0.2, 0.25) is 0 Å². The van der Waals surface area contributed by atoms with Gasteiger partial charge in [-0.15, -0.1) is 0 Å². The van der Waals surface area contributed by atoms with Crippen molar-refractivity contribution in [1.82, 2.24) is 14.8 Å². The lowest BCUT2D eigenvalue weighted by atomic mass is 9.84. The Hall–Kier alpha value is -4.13. The fourth-order valence-corrected chi connectivity index (χ4v) is 4.64. The summed E-state index contributed by atoms with van der Waals surface area (Å²) in [4.78, 5) is 36.3. The van der Waals surface area contributed by atoms with Gasteiger partial charge in [0.25, 0.3) is 0 Å². The summed E-state index contributed by atoms with van der Waals surface area (Å²) in [6.45, 7) is 5.70. The van der Waals surface area contributed by atoms with E-state index < -0.39 is 36.4 Å². The lowest BCUT2D eigenvalue weighted by Crippen LogP contribution is -2.51. The summed E-state index contributed by atoms with van der Waals surface area (Å²) in [5, 5.41) is 21.4. The number of aliphatic carboxylic acids is 3. The van der Waals surface area contributed by atoms with E-state index >= 15 is 0 Å². The SMILES string of the molecule is COc1ccc(CN2CCC3(CCCN3Cc3cccnc3)CC2)cc1.O=C(O)C(F)(F)F.O=C(O)C(F)(F)F.O=C(O)C(F)(F)F. The van der Waals surface area contributed by atoms with Crippen molar-refractivity contribution in [3.8, 4) is 5.75 Å². The van der Waals surface area contributed by atoms with Crippen LogP contribution in [-0.2, 0) is 27.5 Å². The predicted octanol–water partition coefficient (Wildman–Crippen LogP) is 5.62. The van der Waals surface area contributed by atoms with Crippen LogP contribution in [0.15, 0.2) is 48.8 Å². The van der Waals surface area contributed by atoms with E-state index in [0.29, 0.717) is 5.54 Å². The topological polar surface area (TPSA) is 140 Å². The summed E-state index contributed by atoms with van der Waals surface area (Å²) >= 11 is 0. The first kappa shape index (κ1) is 40.9. The molecule has 1 aromatic carbocycles. The molecule has 4 rings (SSSR count). The number of pyridine rings is 1. The Morgan fingerprint density at radius 2 is 1.21 bits per heavy atom. The minimum Gasteiger partial charge on any atom is -0.497 e. The maximum atomic E-state index is 10.6. The first-order chi connectivity index (χ1) is 21.6. The zero-order valence-corrected chi connectivity index (χ0v) is 24.7. The highest BCUT2D eigenvalue weighted by molar-refractivity contribution is 5.73. The number of hydrogen-bond donors (Lipinski definition) is 3. The van der Waals surface area contributed by atoms with Gasteiger partial charge < -0.3 is 20.1 Å². The third kappa shape index (κ3) is 14.9. The van der Waals surface area contributed by atoms with Gasteiger partial charge in [-0.3, -0.25) is 14.8 Å². The lowest BCUT2D eigenvalue weighted by molar-refractivity contribution is -0.193. The van der Waals surface area contributed by atoms with E-state index in [4.69, 9.17) is 34.4 Å². The molecule has 19 heteroatoms. The fraction of sp³-hybridized carbons (Fsp3) is 0.500. The number of carboxylic acids is 3. The molecule has 47 heavy (non-hydrogen) atoms. The van der Waals surface area contributed by atoms with Crippen molar-refractivity contribution in [3.63, 3.8) is 0 Å². The summed E-state index contributed by atoms with van der Waals surface area (Å²) in [5.41, 5.74) is 3.13.